The average molecular weight is 998 g/mol. The van der Waals surface area contributed by atoms with Crippen LogP contribution >= 0.6 is 0 Å². The fourth-order valence-electron chi connectivity index (χ4n) is 7.74. The van der Waals surface area contributed by atoms with Crippen LogP contribution in [0, 0.1) is 0 Å². The number of unbranched alkanes of at least 4 members (excludes halogenated alkanes) is 21. The maximum absolute atomic E-state index is 12.9. The summed E-state index contributed by atoms with van der Waals surface area (Å²) < 4.78 is 16.8. The molecule has 6 heteroatoms. The van der Waals surface area contributed by atoms with Crippen molar-refractivity contribution >= 4 is 17.9 Å². The van der Waals surface area contributed by atoms with E-state index in [1.165, 1.54) is 83.5 Å². The monoisotopic (exact) mass is 997 g/mol. The number of ether oxygens (including phenoxy) is 3. The van der Waals surface area contributed by atoms with Crippen molar-refractivity contribution in [2.24, 2.45) is 0 Å². The first-order valence-corrected chi connectivity index (χ1v) is 29.5. The van der Waals surface area contributed by atoms with Gasteiger partial charge in [0.05, 0.1) is 0 Å². The van der Waals surface area contributed by atoms with E-state index in [0.29, 0.717) is 25.7 Å². The molecule has 1 unspecified atom stereocenters. The molecule has 0 aliphatic rings. The van der Waals surface area contributed by atoms with Crippen LogP contribution in [-0.2, 0) is 28.6 Å². The van der Waals surface area contributed by atoms with Crippen LogP contribution in [0.15, 0.2) is 122 Å². The quantitative estimate of drug-likeness (QED) is 0.0261. The number of carbonyl (C=O) groups excluding carboxylic acids is 3. The van der Waals surface area contributed by atoms with Crippen molar-refractivity contribution in [3.8, 4) is 0 Å². The SMILES string of the molecule is CC/C=C\C/C=C\C/C=C\C/C=C\C/C=C\C/C=C\CCCCC(=O)OCC(COC(=O)CCCCCCC/C=C\CCCCC)OC(=O)CCCCCCCC/C=C\C/C=C\C/C=C\CCCCCCC. The van der Waals surface area contributed by atoms with Crippen molar-refractivity contribution in [1.29, 1.82) is 0 Å². The third kappa shape index (κ3) is 56.7. The molecule has 0 aliphatic carbocycles. The molecule has 408 valence electrons. The second kappa shape index (κ2) is 59.4. The molecule has 0 bridgehead atoms. The third-order valence-corrected chi connectivity index (χ3v) is 12.2. The molecule has 0 N–H and O–H groups in total. The first-order chi connectivity index (χ1) is 35.5. The summed E-state index contributed by atoms with van der Waals surface area (Å²) in [4.78, 5) is 38.2. The van der Waals surface area contributed by atoms with E-state index >= 15 is 0 Å². The van der Waals surface area contributed by atoms with Crippen LogP contribution in [0.2, 0.25) is 0 Å². The van der Waals surface area contributed by atoms with E-state index < -0.39 is 6.10 Å². The van der Waals surface area contributed by atoms with E-state index in [0.717, 1.165) is 128 Å². The fourth-order valence-corrected chi connectivity index (χ4v) is 7.74. The van der Waals surface area contributed by atoms with Gasteiger partial charge in [0.2, 0.25) is 0 Å². The van der Waals surface area contributed by atoms with Crippen LogP contribution in [0.3, 0.4) is 0 Å². The van der Waals surface area contributed by atoms with Crippen LogP contribution in [0.5, 0.6) is 0 Å². The Hall–Kier alpha value is -4.19. The minimum atomic E-state index is -0.811. The molecule has 0 aromatic heterocycles. The van der Waals surface area contributed by atoms with Crippen molar-refractivity contribution in [1.82, 2.24) is 0 Å². The van der Waals surface area contributed by atoms with Gasteiger partial charge in [-0.05, 0) is 135 Å². The Morgan fingerprint density at radius 1 is 0.292 bits per heavy atom. The maximum Gasteiger partial charge on any atom is 0.306 e. The van der Waals surface area contributed by atoms with E-state index in [-0.39, 0.29) is 31.1 Å². The summed E-state index contributed by atoms with van der Waals surface area (Å²) in [6.45, 7) is 6.43. The summed E-state index contributed by atoms with van der Waals surface area (Å²) in [6, 6.07) is 0. The standard InChI is InChI=1S/C66H108O6/c1-4-7-10-13-16-19-22-25-27-29-31-33-35-37-39-41-44-47-50-53-56-59-65(68)71-62-63(61-70-64(67)58-55-52-49-46-43-24-21-18-15-12-9-6-3)72-66(69)60-57-54-51-48-45-42-40-38-36-34-32-30-28-26-23-20-17-14-11-8-5-2/h7,10,16,18-19,21,23,25-27,30-33,36-39,44,47,63H,4-6,8-9,11-15,17,20,22,24,28-29,34-35,40-43,45-46,48-62H2,1-3H3/b10-7-,19-16-,21-18-,26-23-,27-25-,32-30-,33-31-,38-36-,39-37-,47-44-. The van der Waals surface area contributed by atoms with E-state index in [1.54, 1.807) is 0 Å². The molecule has 0 aromatic carbocycles. The molecule has 0 aliphatic heterocycles. The first kappa shape index (κ1) is 67.8. The Kier molecular flexibility index (Phi) is 55.9. The Morgan fingerprint density at radius 2 is 0.542 bits per heavy atom. The molecule has 0 rings (SSSR count). The zero-order valence-electron chi connectivity index (χ0n) is 46.7. The fraction of sp³-hybridized carbons (Fsp3) is 0.652. The van der Waals surface area contributed by atoms with Gasteiger partial charge in [0.1, 0.15) is 13.2 Å². The summed E-state index contributed by atoms with van der Waals surface area (Å²) in [6.07, 6.45) is 81.9. The molecule has 0 fully saturated rings. The molecular weight excluding hydrogens is 889 g/mol. The van der Waals surface area contributed by atoms with Crippen molar-refractivity contribution in [2.75, 3.05) is 13.2 Å². The lowest BCUT2D eigenvalue weighted by atomic mass is 10.1. The predicted molar refractivity (Wildman–Crippen MR) is 311 cm³/mol. The van der Waals surface area contributed by atoms with Gasteiger partial charge in [-0.2, -0.15) is 0 Å². The molecular formula is C66H108O6. The average Bonchev–Trinajstić information content (AvgIpc) is 3.38. The molecule has 1 atom stereocenters. The predicted octanol–water partition coefficient (Wildman–Crippen LogP) is 20.0. The van der Waals surface area contributed by atoms with Crippen molar-refractivity contribution in [3.63, 3.8) is 0 Å². The van der Waals surface area contributed by atoms with Gasteiger partial charge in [0.25, 0.3) is 0 Å². The molecule has 0 aromatic rings. The van der Waals surface area contributed by atoms with Gasteiger partial charge >= 0.3 is 17.9 Å². The van der Waals surface area contributed by atoms with Crippen molar-refractivity contribution in [2.45, 2.75) is 264 Å². The molecule has 0 spiro atoms. The number of rotatable bonds is 52. The molecule has 72 heavy (non-hydrogen) atoms. The highest BCUT2D eigenvalue weighted by Gasteiger charge is 2.19. The molecule has 0 radical (unpaired) electrons. The highest BCUT2D eigenvalue weighted by atomic mass is 16.6. The normalized spacial score (nSPS) is 13.0. The lowest BCUT2D eigenvalue weighted by Gasteiger charge is -2.18. The van der Waals surface area contributed by atoms with Gasteiger partial charge in [-0.1, -0.05) is 226 Å². The summed E-state index contributed by atoms with van der Waals surface area (Å²) >= 11 is 0. The van der Waals surface area contributed by atoms with Gasteiger partial charge in [-0.3, -0.25) is 14.4 Å². The topological polar surface area (TPSA) is 78.9 Å². The van der Waals surface area contributed by atoms with Crippen LogP contribution in [-0.4, -0.2) is 37.2 Å². The number of allylic oxidation sites excluding steroid dienone is 20. The Labute approximate surface area is 443 Å². The summed E-state index contributed by atoms with van der Waals surface area (Å²) in [5, 5.41) is 0. The molecule has 0 saturated heterocycles. The lowest BCUT2D eigenvalue weighted by molar-refractivity contribution is -0.167. The molecule has 0 amide bonds. The number of hydrogen-bond acceptors (Lipinski definition) is 6. The Balaban J connectivity index is 4.48. The third-order valence-electron chi connectivity index (χ3n) is 12.2. The maximum atomic E-state index is 12.9. The second-order valence-corrected chi connectivity index (χ2v) is 19.2. The summed E-state index contributed by atoms with van der Waals surface area (Å²) in [7, 11) is 0. The van der Waals surface area contributed by atoms with Crippen LogP contribution in [0.4, 0.5) is 0 Å². The number of hydrogen-bond donors (Lipinski definition) is 0. The Morgan fingerprint density at radius 3 is 0.917 bits per heavy atom. The highest BCUT2D eigenvalue weighted by Crippen LogP contribution is 2.13. The summed E-state index contributed by atoms with van der Waals surface area (Å²) in [5.41, 5.74) is 0. The van der Waals surface area contributed by atoms with Gasteiger partial charge in [0, 0.05) is 19.3 Å². The van der Waals surface area contributed by atoms with Gasteiger partial charge in [-0.25, -0.2) is 0 Å². The van der Waals surface area contributed by atoms with E-state index in [2.05, 4.69) is 142 Å². The van der Waals surface area contributed by atoms with Crippen LogP contribution in [0.25, 0.3) is 0 Å². The van der Waals surface area contributed by atoms with Crippen LogP contribution in [0.1, 0.15) is 258 Å². The number of esters is 3. The van der Waals surface area contributed by atoms with Gasteiger partial charge in [0.15, 0.2) is 6.10 Å². The van der Waals surface area contributed by atoms with E-state index in [1.807, 2.05) is 0 Å². The zero-order valence-corrected chi connectivity index (χ0v) is 46.7. The second-order valence-electron chi connectivity index (χ2n) is 19.2. The van der Waals surface area contributed by atoms with E-state index in [9.17, 15) is 14.4 Å². The minimum absolute atomic E-state index is 0.105. The largest absolute Gasteiger partial charge is 0.462 e. The first-order valence-electron chi connectivity index (χ1n) is 29.5. The number of carbonyl (C=O) groups is 3. The van der Waals surface area contributed by atoms with Crippen LogP contribution < -0.4 is 0 Å². The molecule has 0 saturated carbocycles. The van der Waals surface area contributed by atoms with E-state index in [4.69, 9.17) is 14.2 Å². The lowest BCUT2D eigenvalue weighted by Crippen LogP contribution is -2.30. The van der Waals surface area contributed by atoms with Gasteiger partial charge < -0.3 is 14.2 Å². The summed E-state index contributed by atoms with van der Waals surface area (Å²) in [5.74, 6) is -0.972. The Bertz CT molecular complexity index is 1520. The molecule has 0 heterocycles. The van der Waals surface area contributed by atoms with Crippen molar-refractivity contribution in [3.05, 3.63) is 122 Å². The minimum Gasteiger partial charge on any atom is -0.462 e. The highest BCUT2D eigenvalue weighted by molar-refractivity contribution is 5.71. The van der Waals surface area contributed by atoms with Gasteiger partial charge in [-0.15, -0.1) is 0 Å². The van der Waals surface area contributed by atoms with Crippen molar-refractivity contribution < 1.29 is 28.6 Å². The zero-order chi connectivity index (χ0) is 52.2. The smallest absolute Gasteiger partial charge is 0.306 e. The molecule has 6 nitrogen and oxygen atoms in total.